The van der Waals surface area contributed by atoms with Gasteiger partial charge in [-0.1, -0.05) is 36.3 Å². The van der Waals surface area contributed by atoms with Crippen molar-refractivity contribution < 1.29 is 27.1 Å². The Morgan fingerprint density at radius 1 is 1.09 bits per heavy atom. The lowest BCUT2D eigenvalue weighted by Gasteiger charge is -2.35. The number of carbonyl (C=O) groups is 3. The van der Waals surface area contributed by atoms with Crippen molar-refractivity contribution in [2.75, 3.05) is 5.75 Å². The van der Waals surface area contributed by atoms with E-state index in [9.17, 15) is 22.8 Å². The van der Waals surface area contributed by atoms with Crippen molar-refractivity contribution >= 4 is 38.5 Å². The summed E-state index contributed by atoms with van der Waals surface area (Å²) in [5.74, 6) is -2.05. The maximum absolute atomic E-state index is 13.1. The molecular formula is C24H23NO6S. The molecule has 2 fully saturated rings. The number of hydrogen-bond donors (Lipinski definition) is 0. The third-order valence-electron chi connectivity index (χ3n) is 7.13. The van der Waals surface area contributed by atoms with Crippen LogP contribution in [0.15, 0.2) is 41.5 Å². The van der Waals surface area contributed by atoms with Crippen molar-refractivity contribution in [3.05, 3.63) is 58.2 Å². The lowest BCUT2D eigenvalue weighted by Crippen LogP contribution is -2.44. The normalized spacial score (nSPS) is 26.7. The van der Waals surface area contributed by atoms with E-state index in [1.54, 1.807) is 31.2 Å². The smallest absolute Gasteiger partial charge is 0.289 e. The molecule has 2 atom stereocenters. The van der Waals surface area contributed by atoms with Crippen molar-refractivity contribution in [3.8, 4) is 0 Å². The van der Waals surface area contributed by atoms with Crippen LogP contribution in [0.5, 0.6) is 0 Å². The number of carbonyl (C=O) groups excluding carboxylic acids is 3. The molecule has 0 radical (unpaired) electrons. The van der Waals surface area contributed by atoms with Gasteiger partial charge in [-0.05, 0) is 50.3 Å². The highest BCUT2D eigenvalue weighted by Gasteiger charge is 2.76. The molecule has 0 N–H and O–H groups in total. The fraction of sp³-hybridized carbons (Fsp3) is 0.375. The minimum Gasteiger partial charge on any atom is -0.298 e. The van der Waals surface area contributed by atoms with E-state index in [4.69, 9.17) is 4.28 Å². The lowest BCUT2D eigenvalue weighted by atomic mass is 9.68. The Labute approximate surface area is 186 Å². The van der Waals surface area contributed by atoms with Gasteiger partial charge in [0.15, 0.2) is 0 Å². The largest absolute Gasteiger partial charge is 0.298 e. The number of hydrogen-bond acceptors (Lipinski definition) is 6. The first kappa shape index (κ1) is 21.0. The molecule has 32 heavy (non-hydrogen) atoms. The van der Waals surface area contributed by atoms with Crippen LogP contribution in [0.1, 0.15) is 59.9 Å². The zero-order valence-electron chi connectivity index (χ0n) is 18.3. The summed E-state index contributed by atoms with van der Waals surface area (Å²) in [6.07, 6.45) is 0.771. The number of Topliss-reactive ketones (excluding diaryl/α,β-unsaturated/α-hetero) is 1. The highest BCUT2D eigenvalue weighted by atomic mass is 32.2. The number of allylic oxidation sites excluding steroid dienone is 2. The third kappa shape index (κ3) is 2.69. The molecule has 7 nitrogen and oxygen atoms in total. The number of hydroxylamine groups is 2. The molecule has 2 saturated carbocycles. The van der Waals surface area contributed by atoms with E-state index in [0.717, 1.165) is 22.1 Å². The fourth-order valence-electron chi connectivity index (χ4n) is 5.58. The van der Waals surface area contributed by atoms with Gasteiger partial charge in [-0.3, -0.25) is 14.4 Å². The van der Waals surface area contributed by atoms with Gasteiger partial charge in [-0.2, -0.15) is 8.42 Å². The standard InChI is InChI=1S/C24H23NO6S/c1-13(2)18-10-19(26)24(18)11-23(24,4)12-32(29,30)31-25-21(27)16-7-5-6-15-8-14(3)9-17(20(15)16)22(25)28/h5-9H,10-12H2,1-4H3. The number of imide groups is 1. The summed E-state index contributed by atoms with van der Waals surface area (Å²) in [7, 11) is -4.33. The van der Waals surface area contributed by atoms with Crippen molar-refractivity contribution in [1.82, 2.24) is 5.06 Å². The first-order valence-corrected chi connectivity index (χ1v) is 12.0. The first-order chi connectivity index (χ1) is 14.9. The summed E-state index contributed by atoms with van der Waals surface area (Å²) in [6.45, 7) is 7.39. The van der Waals surface area contributed by atoms with Crippen molar-refractivity contribution in [2.45, 2.75) is 40.5 Å². The number of nitrogens with zero attached hydrogens (tertiary/aromatic N) is 1. The molecule has 2 aliphatic carbocycles. The Morgan fingerprint density at radius 2 is 1.78 bits per heavy atom. The molecule has 0 saturated heterocycles. The van der Waals surface area contributed by atoms with Gasteiger partial charge in [0, 0.05) is 17.2 Å². The number of benzene rings is 2. The predicted molar refractivity (Wildman–Crippen MR) is 117 cm³/mol. The molecular weight excluding hydrogens is 430 g/mol. The second kappa shape index (κ2) is 6.36. The number of aryl methyl sites for hydroxylation is 1. The third-order valence-corrected chi connectivity index (χ3v) is 8.49. The number of amides is 2. The molecule has 1 heterocycles. The molecule has 2 aromatic rings. The van der Waals surface area contributed by atoms with Crippen LogP contribution >= 0.6 is 0 Å². The second-order valence-electron chi connectivity index (χ2n) is 9.62. The molecule has 166 valence electrons. The van der Waals surface area contributed by atoms with E-state index in [-0.39, 0.29) is 16.9 Å². The quantitative estimate of drug-likeness (QED) is 0.517. The van der Waals surface area contributed by atoms with Crippen LogP contribution < -0.4 is 0 Å². The van der Waals surface area contributed by atoms with Crippen molar-refractivity contribution in [3.63, 3.8) is 0 Å². The monoisotopic (exact) mass is 453 g/mol. The highest BCUT2D eigenvalue weighted by Crippen LogP contribution is 2.75. The molecule has 2 unspecified atom stereocenters. The Kier molecular flexibility index (Phi) is 4.18. The van der Waals surface area contributed by atoms with Crippen LogP contribution in [0, 0.1) is 17.8 Å². The second-order valence-corrected chi connectivity index (χ2v) is 11.2. The van der Waals surface area contributed by atoms with Crippen molar-refractivity contribution in [2.24, 2.45) is 10.8 Å². The average Bonchev–Trinajstić information content (AvgIpc) is 3.34. The maximum atomic E-state index is 13.1. The summed E-state index contributed by atoms with van der Waals surface area (Å²) >= 11 is 0. The average molecular weight is 454 g/mol. The molecule has 2 aromatic carbocycles. The van der Waals surface area contributed by atoms with Gasteiger partial charge in [0.2, 0.25) is 0 Å². The summed E-state index contributed by atoms with van der Waals surface area (Å²) in [4.78, 5) is 38.5. The Morgan fingerprint density at radius 3 is 2.44 bits per heavy atom. The first-order valence-electron chi connectivity index (χ1n) is 10.4. The molecule has 0 bridgehead atoms. The molecule has 1 spiro atoms. The molecule has 5 rings (SSSR count). The van der Waals surface area contributed by atoms with Crippen molar-refractivity contribution in [1.29, 1.82) is 0 Å². The van der Waals surface area contributed by atoms with Gasteiger partial charge in [0.1, 0.15) is 5.78 Å². The highest BCUT2D eigenvalue weighted by molar-refractivity contribution is 7.86. The van der Waals surface area contributed by atoms with Crippen LogP contribution in [-0.4, -0.2) is 36.8 Å². The Balaban J connectivity index is 1.46. The van der Waals surface area contributed by atoms with E-state index >= 15 is 0 Å². The summed E-state index contributed by atoms with van der Waals surface area (Å²) < 4.78 is 31.1. The van der Waals surface area contributed by atoms with Gasteiger partial charge in [0.05, 0.1) is 22.3 Å². The van der Waals surface area contributed by atoms with Crippen LogP contribution in [-0.2, 0) is 19.2 Å². The summed E-state index contributed by atoms with van der Waals surface area (Å²) in [5, 5.41) is 1.56. The summed E-state index contributed by atoms with van der Waals surface area (Å²) in [5.41, 5.74) is 1.68. The molecule has 1 aliphatic heterocycles. The minimum absolute atomic E-state index is 0.0348. The topological polar surface area (TPSA) is 97.8 Å². The van der Waals surface area contributed by atoms with E-state index < -0.39 is 38.5 Å². The van der Waals surface area contributed by atoms with E-state index in [2.05, 4.69) is 0 Å². The van der Waals surface area contributed by atoms with Crippen LogP contribution in [0.2, 0.25) is 0 Å². The number of rotatable bonds is 4. The van der Waals surface area contributed by atoms with Gasteiger partial charge < -0.3 is 0 Å². The fourth-order valence-corrected chi connectivity index (χ4v) is 7.13. The predicted octanol–water partition coefficient (Wildman–Crippen LogP) is 3.71. The zero-order chi connectivity index (χ0) is 23.2. The van der Waals surface area contributed by atoms with Gasteiger partial charge >= 0.3 is 0 Å². The SMILES string of the molecule is CC(C)=C1CC(=O)C12CC2(C)CS(=O)(=O)ON1C(=O)c2cccc3cc(C)cc(c23)C1=O. The van der Waals surface area contributed by atoms with E-state index in [1.165, 1.54) is 0 Å². The van der Waals surface area contributed by atoms with Crippen LogP contribution in [0.4, 0.5) is 0 Å². The minimum atomic E-state index is -4.33. The lowest BCUT2D eigenvalue weighted by molar-refractivity contribution is -0.128. The number of ketones is 1. The van der Waals surface area contributed by atoms with Crippen LogP contribution in [0.25, 0.3) is 10.8 Å². The van der Waals surface area contributed by atoms with Gasteiger partial charge in [0.25, 0.3) is 21.9 Å². The Bertz CT molecular complexity index is 1400. The maximum Gasteiger partial charge on any atom is 0.289 e. The molecule has 0 aromatic heterocycles. The van der Waals surface area contributed by atoms with E-state index in [0.29, 0.717) is 23.3 Å². The molecule has 2 amide bonds. The van der Waals surface area contributed by atoms with E-state index in [1.807, 2.05) is 26.8 Å². The zero-order valence-corrected chi connectivity index (χ0v) is 19.1. The van der Waals surface area contributed by atoms with Crippen LogP contribution in [0.3, 0.4) is 0 Å². The van der Waals surface area contributed by atoms with Gasteiger partial charge in [-0.25, -0.2) is 0 Å². The molecule has 8 heteroatoms. The Hall–Kier alpha value is -2.84. The summed E-state index contributed by atoms with van der Waals surface area (Å²) in [6, 6.07) is 8.51. The molecule has 3 aliphatic rings. The van der Waals surface area contributed by atoms with Gasteiger partial charge in [-0.15, -0.1) is 9.35 Å².